The second kappa shape index (κ2) is 6.91. The van der Waals surface area contributed by atoms with Crippen LogP contribution < -0.4 is 10.6 Å². The highest BCUT2D eigenvalue weighted by atomic mass is 14.9. The van der Waals surface area contributed by atoms with Crippen molar-refractivity contribution in [1.29, 1.82) is 0 Å². The van der Waals surface area contributed by atoms with Gasteiger partial charge in [0.15, 0.2) is 0 Å². The van der Waals surface area contributed by atoms with Gasteiger partial charge in [-0.15, -0.1) is 0 Å². The quantitative estimate of drug-likeness (QED) is 0.754. The van der Waals surface area contributed by atoms with Gasteiger partial charge in [-0.3, -0.25) is 0 Å². The van der Waals surface area contributed by atoms with Gasteiger partial charge in [0.05, 0.1) is 0 Å². The molecular formula is C16H26N2. The van der Waals surface area contributed by atoms with Crippen molar-refractivity contribution in [1.82, 2.24) is 10.6 Å². The maximum Gasteiger partial charge on any atom is -0.000777 e. The van der Waals surface area contributed by atoms with Crippen LogP contribution >= 0.6 is 0 Å². The van der Waals surface area contributed by atoms with Crippen LogP contribution in [-0.4, -0.2) is 26.2 Å². The fraction of sp³-hybridized carbons (Fsp3) is 0.625. The second-order valence-corrected chi connectivity index (χ2v) is 5.71. The standard InChI is InChI=1S/C16H26N2/c1-13(2)16-5-3-14(4-6-16)7-9-17-11-15-8-10-18-12-15/h3-6,13,15,17-18H,7-12H2,1-2H3. The van der Waals surface area contributed by atoms with E-state index in [-0.39, 0.29) is 0 Å². The summed E-state index contributed by atoms with van der Waals surface area (Å²) >= 11 is 0. The zero-order chi connectivity index (χ0) is 12.8. The molecule has 0 spiro atoms. The Morgan fingerprint density at radius 3 is 2.67 bits per heavy atom. The van der Waals surface area contributed by atoms with E-state index in [1.165, 1.54) is 30.6 Å². The van der Waals surface area contributed by atoms with Gasteiger partial charge in [-0.1, -0.05) is 38.1 Å². The Balaban J connectivity index is 1.66. The number of hydrogen-bond donors (Lipinski definition) is 2. The summed E-state index contributed by atoms with van der Waals surface area (Å²) in [7, 11) is 0. The maximum absolute atomic E-state index is 3.57. The van der Waals surface area contributed by atoms with Crippen LogP contribution in [0.3, 0.4) is 0 Å². The fourth-order valence-corrected chi connectivity index (χ4v) is 2.50. The van der Waals surface area contributed by atoms with Gasteiger partial charge in [-0.2, -0.15) is 0 Å². The van der Waals surface area contributed by atoms with E-state index in [0.717, 1.165) is 25.4 Å². The summed E-state index contributed by atoms with van der Waals surface area (Å²) in [6.45, 7) is 9.13. The van der Waals surface area contributed by atoms with Crippen molar-refractivity contribution in [3.63, 3.8) is 0 Å². The van der Waals surface area contributed by atoms with Gasteiger partial charge in [0, 0.05) is 0 Å². The van der Waals surface area contributed by atoms with Crippen LogP contribution in [-0.2, 0) is 6.42 Å². The highest BCUT2D eigenvalue weighted by molar-refractivity contribution is 5.24. The van der Waals surface area contributed by atoms with Crippen molar-refractivity contribution < 1.29 is 0 Å². The van der Waals surface area contributed by atoms with E-state index < -0.39 is 0 Å². The average molecular weight is 246 g/mol. The molecule has 0 bridgehead atoms. The highest BCUT2D eigenvalue weighted by Gasteiger charge is 2.12. The third-order valence-corrected chi connectivity index (χ3v) is 3.83. The van der Waals surface area contributed by atoms with Gasteiger partial charge in [-0.25, -0.2) is 0 Å². The lowest BCUT2D eigenvalue weighted by Crippen LogP contribution is -2.26. The number of nitrogens with one attached hydrogen (secondary N) is 2. The highest BCUT2D eigenvalue weighted by Crippen LogP contribution is 2.14. The maximum atomic E-state index is 3.57. The van der Waals surface area contributed by atoms with E-state index in [0.29, 0.717) is 5.92 Å². The number of rotatable bonds is 6. The summed E-state index contributed by atoms with van der Waals surface area (Å²) in [5.41, 5.74) is 2.88. The van der Waals surface area contributed by atoms with Gasteiger partial charge in [0.25, 0.3) is 0 Å². The molecular weight excluding hydrogens is 220 g/mol. The minimum atomic E-state index is 0.632. The Kier molecular flexibility index (Phi) is 5.21. The zero-order valence-electron chi connectivity index (χ0n) is 11.7. The molecule has 1 fully saturated rings. The minimum absolute atomic E-state index is 0.632. The SMILES string of the molecule is CC(C)c1ccc(CCNCC2CCNC2)cc1. The molecule has 1 aliphatic rings. The first kappa shape index (κ1) is 13.6. The molecule has 0 aromatic heterocycles. The van der Waals surface area contributed by atoms with E-state index >= 15 is 0 Å². The second-order valence-electron chi connectivity index (χ2n) is 5.71. The average Bonchev–Trinajstić information content (AvgIpc) is 2.88. The molecule has 2 N–H and O–H groups in total. The molecule has 0 saturated carbocycles. The molecule has 2 rings (SSSR count). The molecule has 1 aromatic rings. The fourth-order valence-electron chi connectivity index (χ4n) is 2.50. The molecule has 1 aromatic carbocycles. The van der Waals surface area contributed by atoms with Crippen LogP contribution in [0.15, 0.2) is 24.3 Å². The summed E-state index contributed by atoms with van der Waals surface area (Å²) in [4.78, 5) is 0. The molecule has 1 aliphatic heterocycles. The molecule has 2 nitrogen and oxygen atoms in total. The van der Waals surface area contributed by atoms with Gasteiger partial charge in [-0.05, 0) is 62.0 Å². The molecule has 0 amide bonds. The Morgan fingerprint density at radius 1 is 1.28 bits per heavy atom. The molecule has 1 heterocycles. The third-order valence-electron chi connectivity index (χ3n) is 3.83. The van der Waals surface area contributed by atoms with E-state index in [2.05, 4.69) is 48.7 Å². The third kappa shape index (κ3) is 4.11. The summed E-state index contributed by atoms with van der Waals surface area (Å²) in [5.74, 6) is 1.47. The van der Waals surface area contributed by atoms with Crippen molar-refractivity contribution >= 4 is 0 Å². The summed E-state index contributed by atoms with van der Waals surface area (Å²) in [6.07, 6.45) is 2.47. The van der Waals surface area contributed by atoms with Gasteiger partial charge in [0.1, 0.15) is 0 Å². The molecule has 1 unspecified atom stereocenters. The molecule has 1 saturated heterocycles. The van der Waals surface area contributed by atoms with Crippen molar-refractivity contribution in [2.24, 2.45) is 5.92 Å². The van der Waals surface area contributed by atoms with Gasteiger partial charge in [0.2, 0.25) is 0 Å². The van der Waals surface area contributed by atoms with Crippen LogP contribution in [0.25, 0.3) is 0 Å². The Hall–Kier alpha value is -0.860. The first-order chi connectivity index (χ1) is 8.75. The Bertz CT molecular complexity index is 337. The van der Waals surface area contributed by atoms with Crippen LogP contribution in [0.2, 0.25) is 0 Å². The van der Waals surface area contributed by atoms with E-state index in [1.54, 1.807) is 0 Å². The normalized spacial score (nSPS) is 19.6. The number of hydrogen-bond acceptors (Lipinski definition) is 2. The molecule has 100 valence electrons. The molecule has 2 heteroatoms. The lowest BCUT2D eigenvalue weighted by molar-refractivity contribution is 0.515. The summed E-state index contributed by atoms with van der Waals surface area (Å²) in [6, 6.07) is 9.07. The predicted molar refractivity (Wildman–Crippen MR) is 78.1 cm³/mol. The largest absolute Gasteiger partial charge is 0.316 e. The Labute approximate surface area is 111 Å². The van der Waals surface area contributed by atoms with Gasteiger partial charge < -0.3 is 10.6 Å². The lowest BCUT2D eigenvalue weighted by atomic mass is 10.0. The van der Waals surface area contributed by atoms with E-state index in [4.69, 9.17) is 0 Å². The van der Waals surface area contributed by atoms with Crippen LogP contribution in [0.4, 0.5) is 0 Å². The lowest BCUT2D eigenvalue weighted by Gasteiger charge is -2.10. The van der Waals surface area contributed by atoms with Gasteiger partial charge >= 0.3 is 0 Å². The molecule has 0 aliphatic carbocycles. The number of benzene rings is 1. The molecule has 0 radical (unpaired) electrons. The van der Waals surface area contributed by atoms with E-state index in [9.17, 15) is 0 Å². The minimum Gasteiger partial charge on any atom is -0.316 e. The van der Waals surface area contributed by atoms with Crippen molar-refractivity contribution in [2.75, 3.05) is 26.2 Å². The zero-order valence-corrected chi connectivity index (χ0v) is 11.7. The van der Waals surface area contributed by atoms with Crippen molar-refractivity contribution in [3.05, 3.63) is 35.4 Å². The van der Waals surface area contributed by atoms with Crippen LogP contribution in [0.5, 0.6) is 0 Å². The Morgan fingerprint density at radius 2 is 2.06 bits per heavy atom. The predicted octanol–water partition coefficient (Wildman–Crippen LogP) is 2.55. The van der Waals surface area contributed by atoms with Crippen LogP contribution in [0.1, 0.15) is 37.3 Å². The van der Waals surface area contributed by atoms with Crippen molar-refractivity contribution in [3.8, 4) is 0 Å². The monoisotopic (exact) mass is 246 g/mol. The first-order valence-electron chi connectivity index (χ1n) is 7.26. The molecule has 1 atom stereocenters. The van der Waals surface area contributed by atoms with Crippen molar-refractivity contribution in [2.45, 2.75) is 32.6 Å². The summed E-state index contributed by atoms with van der Waals surface area (Å²) in [5, 5.41) is 6.98. The molecule has 18 heavy (non-hydrogen) atoms. The first-order valence-corrected chi connectivity index (χ1v) is 7.26. The summed E-state index contributed by atoms with van der Waals surface area (Å²) < 4.78 is 0. The van der Waals surface area contributed by atoms with E-state index in [1.807, 2.05) is 0 Å². The topological polar surface area (TPSA) is 24.1 Å². The van der Waals surface area contributed by atoms with Crippen LogP contribution in [0, 0.1) is 5.92 Å². The smallest absolute Gasteiger partial charge is 0.000777 e.